The van der Waals surface area contributed by atoms with E-state index in [4.69, 9.17) is 5.73 Å². The smallest absolute Gasteiger partial charge is 0.326 e. The molecule has 22 heavy (non-hydrogen) atoms. The first-order valence-electron chi connectivity index (χ1n) is 7.70. The largest absolute Gasteiger partial charge is 0.416 e. The summed E-state index contributed by atoms with van der Waals surface area (Å²) in [5, 5.41) is 0. The van der Waals surface area contributed by atoms with Crippen molar-refractivity contribution < 1.29 is 17.6 Å². The van der Waals surface area contributed by atoms with E-state index in [-0.39, 0.29) is 11.5 Å². The van der Waals surface area contributed by atoms with Crippen LogP contribution in [0.2, 0.25) is 0 Å². The molecule has 0 fully saturated rings. The van der Waals surface area contributed by atoms with Gasteiger partial charge in [0, 0.05) is 5.54 Å². The van der Waals surface area contributed by atoms with Crippen LogP contribution in [0.5, 0.6) is 0 Å². The molecule has 0 saturated heterocycles. The SMILES string of the molecule is CCCC(CCCC(C)(C)N)c1ccc(C(F)(F)F)cc1F. The fourth-order valence-electron chi connectivity index (χ4n) is 2.64. The zero-order chi connectivity index (χ0) is 17.0. The minimum Gasteiger partial charge on any atom is -0.326 e. The molecule has 0 amide bonds. The van der Waals surface area contributed by atoms with Crippen molar-refractivity contribution in [2.24, 2.45) is 5.73 Å². The molecule has 2 N–H and O–H groups in total. The summed E-state index contributed by atoms with van der Waals surface area (Å²) in [5.74, 6) is -0.824. The summed E-state index contributed by atoms with van der Waals surface area (Å²) in [7, 11) is 0. The van der Waals surface area contributed by atoms with Crippen molar-refractivity contribution in [3.05, 3.63) is 35.1 Å². The molecule has 0 saturated carbocycles. The summed E-state index contributed by atoms with van der Waals surface area (Å²) in [6.07, 6.45) is -0.533. The maximum Gasteiger partial charge on any atom is 0.416 e. The lowest BCUT2D eigenvalue weighted by Crippen LogP contribution is -2.31. The fraction of sp³-hybridized carbons (Fsp3) is 0.647. The van der Waals surface area contributed by atoms with Crippen molar-refractivity contribution >= 4 is 0 Å². The zero-order valence-electron chi connectivity index (χ0n) is 13.4. The van der Waals surface area contributed by atoms with Crippen molar-refractivity contribution in [3.63, 3.8) is 0 Å². The first kappa shape index (κ1) is 18.9. The van der Waals surface area contributed by atoms with E-state index in [9.17, 15) is 17.6 Å². The fourth-order valence-corrected chi connectivity index (χ4v) is 2.64. The van der Waals surface area contributed by atoms with Gasteiger partial charge in [-0.2, -0.15) is 13.2 Å². The lowest BCUT2D eigenvalue weighted by molar-refractivity contribution is -0.137. The highest BCUT2D eigenvalue weighted by molar-refractivity contribution is 5.29. The molecule has 0 aliphatic heterocycles. The van der Waals surface area contributed by atoms with Gasteiger partial charge in [-0.05, 0) is 56.7 Å². The number of rotatable bonds is 7. The van der Waals surface area contributed by atoms with Crippen LogP contribution in [0.25, 0.3) is 0 Å². The lowest BCUT2D eigenvalue weighted by Gasteiger charge is -2.22. The molecule has 5 heteroatoms. The third-order valence-electron chi connectivity index (χ3n) is 3.78. The first-order chi connectivity index (χ1) is 10.0. The summed E-state index contributed by atoms with van der Waals surface area (Å²) in [6, 6.07) is 2.85. The highest BCUT2D eigenvalue weighted by Crippen LogP contribution is 2.34. The minimum atomic E-state index is -4.51. The quantitative estimate of drug-likeness (QED) is 0.647. The molecule has 0 aliphatic carbocycles. The Morgan fingerprint density at radius 2 is 1.77 bits per heavy atom. The number of alkyl halides is 3. The predicted octanol–water partition coefficient (Wildman–Crippen LogP) is 5.64. The third kappa shape index (κ3) is 5.95. The lowest BCUT2D eigenvalue weighted by atomic mass is 9.86. The van der Waals surface area contributed by atoms with Crippen LogP contribution >= 0.6 is 0 Å². The van der Waals surface area contributed by atoms with E-state index >= 15 is 0 Å². The van der Waals surface area contributed by atoms with Gasteiger partial charge in [0.05, 0.1) is 5.56 Å². The number of benzene rings is 1. The van der Waals surface area contributed by atoms with Crippen LogP contribution in [0.1, 0.15) is 69.9 Å². The maximum atomic E-state index is 14.1. The second kappa shape index (κ2) is 7.44. The molecular formula is C17H25F4N. The first-order valence-corrected chi connectivity index (χ1v) is 7.70. The van der Waals surface area contributed by atoms with Crippen LogP contribution < -0.4 is 5.73 Å². The second-order valence-corrected chi connectivity index (χ2v) is 6.60. The van der Waals surface area contributed by atoms with Gasteiger partial charge in [-0.3, -0.25) is 0 Å². The van der Waals surface area contributed by atoms with Crippen molar-refractivity contribution in [1.29, 1.82) is 0 Å². The summed E-state index contributed by atoms with van der Waals surface area (Å²) in [4.78, 5) is 0. The molecule has 126 valence electrons. The van der Waals surface area contributed by atoms with E-state index in [0.717, 1.165) is 38.2 Å². The normalized spacial score (nSPS) is 14.2. The van der Waals surface area contributed by atoms with Gasteiger partial charge in [-0.25, -0.2) is 4.39 Å². The van der Waals surface area contributed by atoms with Gasteiger partial charge in [0.15, 0.2) is 0 Å². The average Bonchev–Trinajstić information content (AvgIpc) is 2.35. The van der Waals surface area contributed by atoms with Crippen molar-refractivity contribution in [2.45, 2.75) is 70.5 Å². The topological polar surface area (TPSA) is 26.0 Å². The van der Waals surface area contributed by atoms with Gasteiger partial charge in [0.2, 0.25) is 0 Å². The Hall–Kier alpha value is -1.10. The molecule has 1 aromatic carbocycles. The highest BCUT2D eigenvalue weighted by Gasteiger charge is 2.31. The van der Waals surface area contributed by atoms with E-state index in [1.54, 1.807) is 0 Å². The molecule has 0 heterocycles. The van der Waals surface area contributed by atoms with Crippen LogP contribution in [0.15, 0.2) is 18.2 Å². The summed E-state index contributed by atoms with van der Waals surface area (Å²) >= 11 is 0. The van der Waals surface area contributed by atoms with Crippen LogP contribution in [-0.4, -0.2) is 5.54 Å². The Bertz CT molecular complexity index is 475. The summed E-state index contributed by atoms with van der Waals surface area (Å²) < 4.78 is 51.9. The molecule has 0 radical (unpaired) electrons. The molecular weight excluding hydrogens is 294 g/mol. The Balaban J connectivity index is 2.87. The standard InChI is InChI=1S/C17H25F4N/c1-4-6-12(7-5-10-16(2,3)22)14-9-8-13(11-15(14)18)17(19,20)21/h8-9,11-12H,4-7,10,22H2,1-3H3. The van der Waals surface area contributed by atoms with Crippen LogP contribution in [-0.2, 0) is 6.18 Å². The van der Waals surface area contributed by atoms with Gasteiger partial charge >= 0.3 is 6.18 Å². The zero-order valence-corrected chi connectivity index (χ0v) is 13.4. The van der Waals surface area contributed by atoms with Gasteiger partial charge in [0.25, 0.3) is 0 Å². The van der Waals surface area contributed by atoms with Crippen molar-refractivity contribution in [1.82, 2.24) is 0 Å². The third-order valence-corrected chi connectivity index (χ3v) is 3.78. The molecule has 1 unspecified atom stereocenters. The number of halogens is 4. The monoisotopic (exact) mass is 319 g/mol. The Kier molecular flexibility index (Phi) is 6.41. The van der Waals surface area contributed by atoms with E-state index in [2.05, 4.69) is 0 Å². The minimum absolute atomic E-state index is 0.0605. The van der Waals surface area contributed by atoms with E-state index in [1.807, 2.05) is 20.8 Å². The van der Waals surface area contributed by atoms with Gasteiger partial charge in [-0.1, -0.05) is 25.8 Å². The molecule has 0 aromatic heterocycles. The summed E-state index contributed by atoms with van der Waals surface area (Å²) in [6.45, 7) is 5.85. The summed E-state index contributed by atoms with van der Waals surface area (Å²) in [5.41, 5.74) is 5.09. The second-order valence-electron chi connectivity index (χ2n) is 6.60. The molecule has 0 bridgehead atoms. The maximum absolute atomic E-state index is 14.1. The van der Waals surface area contributed by atoms with Crippen molar-refractivity contribution in [3.8, 4) is 0 Å². The van der Waals surface area contributed by atoms with Gasteiger partial charge < -0.3 is 5.73 Å². The predicted molar refractivity (Wildman–Crippen MR) is 81.2 cm³/mol. The molecule has 1 atom stereocenters. The van der Waals surface area contributed by atoms with Gasteiger partial charge in [0.1, 0.15) is 5.82 Å². The molecule has 1 rings (SSSR count). The molecule has 0 spiro atoms. The molecule has 1 aromatic rings. The van der Waals surface area contributed by atoms with E-state index < -0.39 is 17.6 Å². The van der Waals surface area contributed by atoms with E-state index in [1.165, 1.54) is 6.07 Å². The van der Waals surface area contributed by atoms with Crippen LogP contribution in [0, 0.1) is 5.82 Å². The number of hydrogen-bond donors (Lipinski definition) is 1. The highest BCUT2D eigenvalue weighted by atomic mass is 19.4. The Labute approximate surface area is 129 Å². The average molecular weight is 319 g/mol. The molecule has 0 aliphatic rings. The van der Waals surface area contributed by atoms with Gasteiger partial charge in [-0.15, -0.1) is 0 Å². The van der Waals surface area contributed by atoms with E-state index in [0.29, 0.717) is 11.6 Å². The Morgan fingerprint density at radius 3 is 2.23 bits per heavy atom. The van der Waals surface area contributed by atoms with Crippen molar-refractivity contribution in [2.75, 3.05) is 0 Å². The van der Waals surface area contributed by atoms with Crippen LogP contribution in [0.4, 0.5) is 17.6 Å². The Morgan fingerprint density at radius 1 is 1.14 bits per heavy atom. The molecule has 1 nitrogen and oxygen atoms in total. The number of hydrogen-bond acceptors (Lipinski definition) is 1. The van der Waals surface area contributed by atoms with Crippen LogP contribution in [0.3, 0.4) is 0 Å². The number of nitrogens with two attached hydrogens (primary N) is 1.